The van der Waals surface area contributed by atoms with Gasteiger partial charge in [-0.05, 0) is 36.1 Å². The van der Waals surface area contributed by atoms with Crippen molar-refractivity contribution in [1.82, 2.24) is 5.32 Å². The zero-order chi connectivity index (χ0) is 9.64. The van der Waals surface area contributed by atoms with Crippen molar-refractivity contribution in [1.29, 1.82) is 0 Å². The van der Waals surface area contributed by atoms with Crippen LogP contribution in [0, 0.1) is 23.2 Å². The van der Waals surface area contributed by atoms with Gasteiger partial charge in [0.05, 0.1) is 0 Å². The van der Waals surface area contributed by atoms with Crippen molar-refractivity contribution in [2.45, 2.75) is 46.6 Å². The Hall–Kier alpha value is 1.06. The molecule has 1 N–H and O–H groups in total. The normalized spacial score (nSPS) is 40.7. The van der Waals surface area contributed by atoms with Crippen LogP contribution in [-0.2, 0) is 32.7 Å². The molecule has 4 atom stereocenters. The molecule has 2 rings (SSSR count). The van der Waals surface area contributed by atoms with Crippen molar-refractivity contribution in [3.63, 3.8) is 0 Å². The minimum Gasteiger partial charge on any atom is -0.313 e. The zero-order valence-corrected chi connectivity index (χ0v) is 12.8. The van der Waals surface area contributed by atoms with E-state index in [1.807, 2.05) is 0 Å². The van der Waals surface area contributed by atoms with Crippen LogP contribution in [0.2, 0.25) is 0 Å². The molecule has 2 heteroatoms. The second-order valence-electron chi connectivity index (χ2n) is 5.80. The van der Waals surface area contributed by atoms with Gasteiger partial charge >= 0.3 is 0 Å². The predicted molar refractivity (Wildman–Crippen MR) is 56.6 cm³/mol. The maximum atomic E-state index is 3.72. The summed E-state index contributed by atoms with van der Waals surface area (Å²) in [4.78, 5) is 0. The van der Waals surface area contributed by atoms with Gasteiger partial charge in [-0.15, -0.1) is 0 Å². The summed E-state index contributed by atoms with van der Waals surface area (Å²) >= 11 is 0. The van der Waals surface area contributed by atoms with Crippen molar-refractivity contribution in [2.75, 3.05) is 6.54 Å². The molecule has 2 fully saturated rings. The topological polar surface area (TPSA) is 12.0 Å². The van der Waals surface area contributed by atoms with E-state index in [0.29, 0.717) is 5.41 Å². The Bertz CT molecular complexity index is 202. The summed E-state index contributed by atoms with van der Waals surface area (Å²) in [6.45, 7) is 10.9. The van der Waals surface area contributed by atoms with Crippen molar-refractivity contribution in [2.24, 2.45) is 23.2 Å². The summed E-state index contributed by atoms with van der Waals surface area (Å²) in [6.07, 6.45) is 2.76. The zero-order valence-electron chi connectivity index (χ0n) is 10.0. The van der Waals surface area contributed by atoms with Gasteiger partial charge in [0.15, 0.2) is 0 Å². The molecule has 1 saturated heterocycles. The minimum atomic E-state index is 0. The maximum absolute atomic E-state index is 3.72. The van der Waals surface area contributed by atoms with Gasteiger partial charge in [-0.2, -0.15) is 0 Å². The third kappa shape index (κ3) is 1.97. The molecule has 2 aliphatic rings. The van der Waals surface area contributed by atoms with Gasteiger partial charge < -0.3 is 5.32 Å². The van der Waals surface area contributed by atoms with E-state index in [2.05, 4.69) is 33.0 Å². The molecular formula is C12H23NY. The number of hydrogen-bond donors (Lipinski definition) is 1. The van der Waals surface area contributed by atoms with Crippen molar-refractivity contribution >= 4 is 0 Å². The van der Waals surface area contributed by atoms with Crippen LogP contribution in [0.25, 0.3) is 0 Å². The smallest absolute Gasteiger partial charge is 0.0129 e. The molecule has 0 amide bonds. The van der Waals surface area contributed by atoms with Crippen molar-refractivity contribution < 1.29 is 32.7 Å². The van der Waals surface area contributed by atoms with Crippen molar-refractivity contribution in [3.05, 3.63) is 0 Å². The molecule has 1 nitrogen and oxygen atoms in total. The molecule has 79 valence electrons. The molecule has 0 bridgehead atoms. The SMILES string of the molecule is CCC(C)C1NCC2CC(C)(C)C21.[Y]. The molecule has 1 aliphatic carbocycles. The van der Waals surface area contributed by atoms with Gasteiger partial charge in [0.1, 0.15) is 0 Å². The van der Waals surface area contributed by atoms with E-state index in [-0.39, 0.29) is 32.7 Å². The Labute approximate surface area is 114 Å². The van der Waals surface area contributed by atoms with Crippen LogP contribution in [0.4, 0.5) is 0 Å². The molecule has 1 heterocycles. The summed E-state index contributed by atoms with van der Waals surface area (Å²) < 4.78 is 0. The van der Waals surface area contributed by atoms with Crippen LogP contribution in [0.3, 0.4) is 0 Å². The maximum Gasteiger partial charge on any atom is 0.0129 e. The Morgan fingerprint density at radius 1 is 1.43 bits per heavy atom. The van der Waals surface area contributed by atoms with Gasteiger partial charge in [-0.1, -0.05) is 34.1 Å². The third-order valence-electron chi connectivity index (χ3n) is 4.46. The van der Waals surface area contributed by atoms with Gasteiger partial charge in [0.25, 0.3) is 0 Å². The Balaban J connectivity index is 0.000000980. The number of fused-ring (bicyclic) bond motifs is 1. The van der Waals surface area contributed by atoms with Gasteiger partial charge in [-0.3, -0.25) is 0 Å². The molecule has 0 aromatic rings. The van der Waals surface area contributed by atoms with Crippen LogP contribution in [0.15, 0.2) is 0 Å². The summed E-state index contributed by atoms with van der Waals surface area (Å²) in [5, 5.41) is 3.72. The molecule has 0 aromatic heterocycles. The number of rotatable bonds is 2. The second-order valence-corrected chi connectivity index (χ2v) is 5.80. The van der Waals surface area contributed by atoms with E-state index < -0.39 is 0 Å². The third-order valence-corrected chi connectivity index (χ3v) is 4.46. The number of nitrogens with one attached hydrogen (secondary N) is 1. The van der Waals surface area contributed by atoms with E-state index >= 15 is 0 Å². The monoisotopic (exact) mass is 270 g/mol. The fourth-order valence-electron chi connectivity index (χ4n) is 3.62. The summed E-state index contributed by atoms with van der Waals surface area (Å²) in [7, 11) is 0. The first-order chi connectivity index (χ1) is 6.06. The Morgan fingerprint density at radius 3 is 2.57 bits per heavy atom. The molecule has 0 aromatic carbocycles. The van der Waals surface area contributed by atoms with Gasteiger partial charge in [-0.25, -0.2) is 0 Å². The van der Waals surface area contributed by atoms with Crippen LogP contribution >= 0.6 is 0 Å². The fraction of sp³-hybridized carbons (Fsp3) is 1.00. The molecular weight excluding hydrogens is 247 g/mol. The van der Waals surface area contributed by atoms with Crippen LogP contribution in [0.5, 0.6) is 0 Å². The summed E-state index contributed by atoms with van der Waals surface area (Å²) in [5.41, 5.74) is 0.613. The Morgan fingerprint density at radius 2 is 2.07 bits per heavy atom. The molecule has 1 aliphatic heterocycles. The molecule has 4 unspecified atom stereocenters. The Kier molecular flexibility index (Phi) is 4.23. The quantitative estimate of drug-likeness (QED) is 0.813. The first-order valence-corrected chi connectivity index (χ1v) is 5.79. The van der Waals surface area contributed by atoms with Crippen LogP contribution in [-0.4, -0.2) is 12.6 Å². The van der Waals surface area contributed by atoms with E-state index in [1.54, 1.807) is 0 Å². The summed E-state index contributed by atoms with van der Waals surface area (Å²) in [5.74, 6) is 2.81. The van der Waals surface area contributed by atoms with E-state index in [1.165, 1.54) is 19.4 Å². The minimum absolute atomic E-state index is 0. The first kappa shape index (κ1) is 13.1. The number of hydrogen-bond acceptors (Lipinski definition) is 1. The second kappa shape index (κ2) is 4.51. The summed E-state index contributed by atoms with van der Waals surface area (Å²) in [6, 6.07) is 0.804. The molecule has 0 spiro atoms. The van der Waals surface area contributed by atoms with Crippen LogP contribution in [0.1, 0.15) is 40.5 Å². The fourth-order valence-corrected chi connectivity index (χ4v) is 3.62. The van der Waals surface area contributed by atoms with Gasteiger partial charge in [0.2, 0.25) is 0 Å². The van der Waals surface area contributed by atoms with E-state index in [0.717, 1.165) is 23.8 Å². The molecule has 1 radical (unpaired) electrons. The standard InChI is InChI=1S/C12H23N.Y/c1-5-8(2)11-10-9(7-13-11)6-12(10,3)4;/h8-11,13H,5-7H2,1-4H3;. The van der Waals surface area contributed by atoms with E-state index in [9.17, 15) is 0 Å². The average molecular weight is 270 g/mol. The predicted octanol–water partition coefficient (Wildman–Crippen LogP) is 2.66. The van der Waals surface area contributed by atoms with Gasteiger partial charge in [0, 0.05) is 38.8 Å². The molecule has 14 heavy (non-hydrogen) atoms. The first-order valence-electron chi connectivity index (χ1n) is 5.79. The van der Waals surface area contributed by atoms with Crippen LogP contribution < -0.4 is 5.32 Å². The average Bonchev–Trinajstić information content (AvgIpc) is 2.42. The largest absolute Gasteiger partial charge is 0.313 e. The van der Waals surface area contributed by atoms with Crippen molar-refractivity contribution in [3.8, 4) is 0 Å². The van der Waals surface area contributed by atoms with E-state index in [4.69, 9.17) is 0 Å². The molecule has 1 saturated carbocycles.